The summed E-state index contributed by atoms with van der Waals surface area (Å²) >= 11 is 0. The van der Waals surface area contributed by atoms with E-state index >= 15 is 0 Å². The van der Waals surface area contributed by atoms with Gasteiger partial charge in [0, 0.05) is 13.2 Å². The summed E-state index contributed by atoms with van der Waals surface area (Å²) in [6.07, 6.45) is 10.2. The summed E-state index contributed by atoms with van der Waals surface area (Å²) < 4.78 is 5.75. The zero-order valence-corrected chi connectivity index (χ0v) is 12.7. The Balaban J connectivity index is 2.04. The van der Waals surface area contributed by atoms with Gasteiger partial charge in [0.15, 0.2) is 0 Å². The van der Waals surface area contributed by atoms with Gasteiger partial charge in [-0.2, -0.15) is 0 Å². The lowest BCUT2D eigenvalue weighted by Gasteiger charge is -2.34. The molecule has 0 aromatic heterocycles. The maximum atomic E-state index is 5.75. The smallest absolute Gasteiger partial charge is 0.0496 e. The van der Waals surface area contributed by atoms with Crippen molar-refractivity contribution in [3.63, 3.8) is 0 Å². The Morgan fingerprint density at radius 3 is 2.33 bits per heavy atom. The fraction of sp³-hybridized carbons (Fsp3) is 1.00. The Morgan fingerprint density at radius 1 is 0.944 bits per heavy atom. The van der Waals surface area contributed by atoms with Gasteiger partial charge < -0.3 is 4.74 Å². The third kappa shape index (κ3) is 3.10. The van der Waals surface area contributed by atoms with Crippen LogP contribution in [0.5, 0.6) is 0 Å². The lowest BCUT2D eigenvalue weighted by Crippen LogP contribution is -2.27. The lowest BCUT2D eigenvalue weighted by molar-refractivity contribution is 0.0536. The fourth-order valence-corrected chi connectivity index (χ4v) is 4.76. The summed E-state index contributed by atoms with van der Waals surface area (Å²) in [4.78, 5) is 0. The molecule has 0 heterocycles. The Labute approximate surface area is 114 Å². The number of fused-ring (bicyclic) bond motifs is 4. The molecule has 2 bridgehead atoms. The number of rotatable bonds is 6. The van der Waals surface area contributed by atoms with Gasteiger partial charge >= 0.3 is 0 Å². The molecule has 3 saturated carbocycles. The number of hydrogen-bond acceptors (Lipinski definition) is 1. The number of hydrogen-bond donors (Lipinski definition) is 0. The highest BCUT2D eigenvalue weighted by molar-refractivity contribution is 4.91. The molecule has 3 aliphatic rings. The van der Waals surface area contributed by atoms with Crippen LogP contribution in [0.1, 0.15) is 65.7 Å². The van der Waals surface area contributed by atoms with E-state index in [1.807, 2.05) is 0 Å². The van der Waals surface area contributed by atoms with Crippen molar-refractivity contribution in [3.05, 3.63) is 0 Å². The van der Waals surface area contributed by atoms with Gasteiger partial charge in [0.05, 0.1) is 0 Å². The third-order valence-corrected chi connectivity index (χ3v) is 5.68. The van der Waals surface area contributed by atoms with Gasteiger partial charge in [0.25, 0.3) is 0 Å². The monoisotopic (exact) mass is 252 g/mol. The van der Waals surface area contributed by atoms with Crippen LogP contribution in [0.25, 0.3) is 0 Å². The summed E-state index contributed by atoms with van der Waals surface area (Å²) in [5, 5.41) is 0. The predicted molar refractivity (Wildman–Crippen MR) is 77.6 cm³/mol. The van der Waals surface area contributed by atoms with Crippen molar-refractivity contribution in [2.45, 2.75) is 65.7 Å². The van der Waals surface area contributed by atoms with Crippen LogP contribution in [0, 0.1) is 29.6 Å². The average molecular weight is 252 g/mol. The fourth-order valence-electron chi connectivity index (χ4n) is 4.76. The molecular weight excluding hydrogens is 220 g/mol. The quantitative estimate of drug-likeness (QED) is 0.653. The minimum absolute atomic E-state index is 0.875. The van der Waals surface area contributed by atoms with Crippen LogP contribution < -0.4 is 0 Å². The minimum Gasteiger partial charge on any atom is -0.381 e. The molecular formula is C17H32O. The molecule has 0 radical (unpaired) electrons. The first-order valence-corrected chi connectivity index (χ1v) is 8.37. The van der Waals surface area contributed by atoms with E-state index in [1.54, 1.807) is 0 Å². The maximum Gasteiger partial charge on any atom is 0.0496 e. The van der Waals surface area contributed by atoms with Gasteiger partial charge in [-0.05, 0) is 62.2 Å². The molecule has 5 atom stereocenters. The second kappa shape index (κ2) is 6.93. The summed E-state index contributed by atoms with van der Waals surface area (Å²) in [7, 11) is 0. The molecule has 3 fully saturated rings. The molecule has 106 valence electrons. The summed E-state index contributed by atoms with van der Waals surface area (Å²) in [5.74, 6) is 4.89. The first-order chi connectivity index (χ1) is 8.80. The van der Waals surface area contributed by atoms with Gasteiger partial charge in [-0.1, -0.05) is 33.1 Å². The van der Waals surface area contributed by atoms with E-state index < -0.39 is 0 Å². The van der Waals surface area contributed by atoms with Gasteiger partial charge in [-0.15, -0.1) is 0 Å². The summed E-state index contributed by atoms with van der Waals surface area (Å²) in [5.41, 5.74) is 0. The van der Waals surface area contributed by atoms with Crippen LogP contribution in [0.2, 0.25) is 0 Å². The summed E-state index contributed by atoms with van der Waals surface area (Å²) in [6, 6.07) is 0. The van der Waals surface area contributed by atoms with E-state index in [1.165, 1.54) is 44.9 Å². The minimum atomic E-state index is 0.875. The molecule has 0 aromatic carbocycles. The highest BCUT2D eigenvalue weighted by Gasteiger charge is 2.41. The van der Waals surface area contributed by atoms with Gasteiger partial charge in [-0.3, -0.25) is 0 Å². The van der Waals surface area contributed by atoms with Crippen molar-refractivity contribution in [1.29, 1.82) is 0 Å². The molecule has 3 rings (SSSR count). The highest BCUT2D eigenvalue weighted by atomic mass is 16.5. The van der Waals surface area contributed by atoms with E-state index in [0.29, 0.717) is 0 Å². The Hall–Kier alpha value is -0.0400. The molecule has 0 saturated heterocycles. The van der Waals surface area contributed by atoms with E-state index in [4.69, 9.17) is 4.74 Å². The molecule has 0 aromatic rings. The Bertz CT molecular complexity index is 238. The largest absolute Gasteiger partial charge is 0.381 e. The normalized spacial score (nSPS) is 39.8. The van der Waals surface area contributed by atoms with Crippen LogP contribution in [0.15, 0.2) is 0 Å². The van der Waals surface area contributed by atoms with E-state index in [9.17, 15) is 0 Å². The molecule has 0 spiro atoms. The van der Waals surface area contributed by atoms with Crippen LogP contribution in [-0.4, -0.2) is 13.2 Å². The van der Waals surface area contributed by atoms with E-state index in [2.05, 4.69) is 20.8 Å². The molecule has 1 heteroatoms. The lowest BCUT2D eigenvalue weighted by atomic mass is 9.72. The summed E-state index contributed by atoms with van der Waals surface area (Å²) in [6.45, 7) is 8.83. The maximum absolute atomic E-state index is 5.75. The standard InChI is InChI=1S/C17H32O/c1-4-7-17-13(5-2)10-14-8-9-15(17)11-16(14)12-18-6-3/h13-17H,4-12H2,1-3H3. The molecule has 5 unspecified atom stereocenters. The van der Waals surface area contributed by atoms with Crippen LogP contribution in [-0.2, 0) is 4.74 Å². The van der Waals surface area contributed by atoms with E-state index in [-0.39, 0.29) is 0 Å². The first-order valence-electron chi connectivity index (χ1n) is 8.37. The van der Waals surface area contributed by atoms with Crippen molar-refractivity contribution in [2.24, 2.45) is 29.6 Å². The third-order valence-electron chi connectivity index (χ3n) is 5.68. The van der Waals surface area contributed by atoms with Gasteiger partial charge in [0.1, 0.15) is 0 Å². The number of ether oxygens (including phenoxy) is 1. The van der Waals surface area contributed by atoms with Crippen molar-refractivity contribution in [2.75, 3.05) is 13.2 Å². The Morgan fingerprint density at radius 2 is 1.67 bits per heavy atom. The first kappa shape index (κ1) is 14.4. The molecule has 0 N–H and O–H groups in total. The second-order valence-electron chi connectivity index (χ2n) is 6.61. The van der Waals surface area contributed by atoms with Crippen LogP contribution >= 0.6 is 0 Å². The van der Waals surface area contributed by atoms with Gasteiger partial charge in [0.2, 0.25) is 0 Å². The molecule has 3 aliphatic carbocycles. The molecule has 0 aliphatic heterocycles. The zero-order chi connectivity index (χ0) is 13.0. The van der Waals surface area contributed by atoms with Gasteiger partial charge in [-0.25, -0.2) is 0 Å². The SMILES string of the molecule is CCCC1C(CC)CC2CCC1CC2COCC. The molecule has 18 heavy (non-hydrogen) atoms. The average Bonchev–Trinajstić information content (AvgIpc) is 2.65. The Kier molecular flexibility index (Phi) is 5.54. The predicted octanol–water partition coefficient (Wildman–Crippen LogP) is 4.90. The van der Waals surface area contributed by atoms with Crippen molar-refractivity contribution < 1.29 is 4.74 Å². The van der Waals surface area contributed by atoms with Crippen molar-refractivity contribution >= 4 is 0 Å². The molecule has 0 amide bonds. The topological polar surface area (TPSA) is 9.23 Å². The molecule has 1 nitrogen and oxygen atoms in total. The van der Waals surface area contributed by atoms with E-state index in [0.717, 1.165) is 42.8 Å². The van der Waals surface area contributed by atoms with Crippen LogP contribution in [0.3, 0.4) is 0 Å². The zero-order valence-electron chi connectivity index (χ0n) is 12.7. The van der Waals surface area contributed by atoms with Crippen molar-refractivity contribution in [3.8, 4) is 0 Å². The second-order valence-corrected chi connectivity index (χ2v) is 6.61. The van der Waals surface area contributed by atoms with Crippen LogP contribution in [0.4, 0.5) is 0 Å². The van der Waals surface area contributed by atoms with Crippen molar-refractivity contribution in [1.82, 2.24) is 0 Å². The highest BCUT2D eigenvalue weighted by Crippen LogP contribution is 2.50.